The quantitative estimate of drug-likeness (QED) is 0.254. The first-order valence-corrected chi connectivity index (χ1v) is 2.19. The lowest BCUT2D eigenvalue weighted by Crippen LogP contribution is -1.85. The molecule has 0 spiro atoms. The molecule has 0 aliphatic carbocycles. The predicted molar refractivity (Wildman–Crippen MR) is 28.4 cm³/mol. The van der Waals surface area contributed by atoms with E-state index in [0.29, 0.717) is 11.9 Å². The zero-order valence-electron chi connectivity index (χ0n) is 4.63. The van der Waals surface area contributed by atoms with Crippen LogP contribution in [0.25, 0.3) is 0 Å². The molecule has 0 fully saturated rings. The van der Waals surface area contributed by atoms with Gasteiger partial charge < -0.3 is 0 Å². The van der Waals surface area contributed by atoms with E-state index in [1.54, 1.807) is 6.92 Å². The van der Waals surface area contributed by atoms with Gasteiger partial charge in [-0.15, -0.1) is 0 Å². The van der Waals surface area contributed by atoms with Gasteiger partial charge in [0.15, 0.2) is 0 Å². The molecule has 0 atom stereocenters. The first kappa shape index (κ1) is 7.33. The number of hydrogen-bond acceptors (Lipinski definition) is 3. The van der Waals surface area contributed by atoms with Crippen LogP contribution in [0, 0.1) is 0 Å². The van der Waals surface area contributed by atoms with Crippen LogP contribution in [-0.2, 0) is 9.68 Å². The molecule has 0 aliphatic heterocycles. The fourth-order valence-corrected chi connectivity index (χ4v) is 0.217. The molecule has 0 saturated heterocycles. The highest BCUT2D eigenvalue weighted by Gasteiger charge is 1.80. The summed E-state index contributed by atoms with van der Waals surface area (Å²) >= 11 is 0. The molecule has 0 radical (unpaired) electrons. The van der Waals surface area contributed by atoms with Crippen LogP contribution in [0.4, 0.5) is 0 Å². The van der Waals surface area contributed by atoms with Gasteiger partial charge in [-0.1, -0.05) is 0 Å². The second-order valence-corrected chi connectivity index (χ2v) is 1.36. The van der Waals surface area contributed by atoms with Crippen LogP contribution in [-0.4, -0.2) is 18.2 Å². The van der Waals surface area contributed by atoms with Crippen molar-refractivity contribution in [1.29, 1.82) is 0 Å². The Bertz CT molecular complexity index is 95.8. The van der Waals surface area contributed by atoms with Gasteiger partial charge in [-0.25, -0.2) is 4.89 Å². The van der Waals surface area contributed by atoms with Crippen LogP contribution in [0.3, 0.4) is 0 Å². The van der Waals surface area contributed by atoms with Gasteiger partial charge in [-0.05, 0) is 18.6 Å². The maximum atomic E-state index is 9.81. The second kappa shape index (κ2) is 4.49. The zero-order chi connectivity index (χ0) is 6.41. The molecule has 0 aliphatic rings. The third kappa shape index (κ3) is 3.52. The van der Waals surface area contributed by atoms with E-state index in [-0.39, 0.29) is 6.61 Å². The molecular formula is C5H8O3. The highest BCUT2D eigenvalue weighted by Crippen LogP contribution is 1.83. The van der Waals surface area contributed by atoms with Crippen molar-refractivity contribution in [2.45, 2.75) is 6.92 Å². The Kier molecular flexibility index (Phi) is 4.11. The Hall–Kier alpha value is -0.670. The van der Waals surface area contributed by atoms with E-state index < -0.39 is 0 Å². The Labute approximate surface area is 47.5 Å². The molecule has 1 N–H and O–H groups in total. The monoisotopic (exact) mass is 116 g/mol. The van der Waals surface area contributed by atoms with Crippen molar-refractivity contribution in [2.75, 3.05) is 6.61 Å². The molecule has 0 heterocycles. The van der Waals surface area contributed by atoms with Crippen molar-refractivity contribution in [3.8, 4) is 0 Å². The average Bonchev–Trinajstić information content (AvgIpc) is 1.83. The van der Waals surface area contributed by atoms with Gasteiger partial charge in [0.25, 0.3) is 0 Å². The molecule has 46 valence electrons. The molecule has 8 heavy (non-hydrogen) atoms. The Morgan fingerprint density at radius 3 is 2.88 bits per heavy atom. The van der Waals surface area contributed by atoms with E-state index in [1.165, 1.54) is 6.08 Å². The predicted octanol–water partition coefficient (Wildman–Crippen LogP) is 0.621. The maximum Gasteiger partial charge on any atom is 0.145 e. The number of aldehydes is 1. The van der Waals surface area contributed by atoms with Gasteiger partial charge in [0.1, 0.15) is 12.9 Å². The largest absolute Gasteiger partial charge is 0.298 e. The molecule has 0 unspecified atom stereocenters. The molecule has 0 bridgehead atoms. The fourth-order valence-electron chi connectivity index (χ4n) is 0.217. The Morgan fingerprint density at radius 2 is 2.50 bits per heavy atom. The molecule has 0 amide bonds. The minimum Gasteiger partial charge on any atom is -0.298 e. The number of allylic oxidation sites excluding steroid dienone is 1. The smallest absolute Gasteiger partial charge is 0.145 e. The van der Waals surface area contributed by atoms with Crippen molar-refractivity contribution >= 4 is 6.29 Å². The first-order chi connectivity index (χ1) is 3.81. The van der Waals surface area contributed by atoms with Gasteiger partial charge in [-0.2, -0.15) is 0 Å². The van der Waals surface area contributed by atoms with Crippen LogP contribution in [0.5, 0.6) is 0 Å². The van der Waals surface area contributed by atoms with Gasteiger partial charge in [0, 0.05) is 0 Å². The van der Waals surface area contributed by atoms with Crippen LogP contribution >= 0.6 is 0 Å². The van der Waals surface area contributed by atoms with Gasteiger partial charge in [-0.3, -0.25) is 10.1 Å². The number of rotatable bonds is 3. The van der Waals surface area contributed by atoms with Crippen molar-refractivity contribution < 1.29 is 14.9 Å². The lowest BCUT2D eigenvalue weighted by atomic mass is 10.3. The minimum atomic E-state index is 0.0740. The molecule has 0 rings (SSSR count). The SMILES string of the molecule is C/C(C=O)=C/COO. The maximum absolute atomic E-state index is 9.81. The van der Waals surface area contributed by atoms with Crippen molar-refractivity contribution in [3.05, 3.63) is 11.6 Å². The van der Waals surface area contributed by atoms with Gasteiger partial charge >= 0.3 is 0 Å². The van der Waals surface area contributed by atoms with Gasteiger partial charge in [0.2, 0.25) is 0 Å². The Morgan fingerprint density at radius 1 is 1.88 bits per heavy atom. The molecule has 0 saturated carbocycles. The van der Waals surface area contributed by atoms with Crippen molar-refractivity contribution in [3.63, 3.8) is 0 Å². The fraction of sp³-hybridized carbons (Fsp3) is 0.400. The van der Waals surface area contributed by atoms with E-state index in [1.807, 2.05) is 0 Å². The van der Waals surface area contributed by atoms with Crippen LogP contribution < -0.4 is 0 Å². The van der Waals surface area contributed by atoms with Crippen molar-refractivity contribution in [2.24, 2.45) is 0 Å². The summed E-state index contributed by atoms with van der Waals surface area (Å²) in [4.78, 5) is 13.5. The van der Waals surface area contributed by atoms with Gasteiger partial charge in [0.05, 0.1) is 0 Å². The Balaban J connectivity index is 3.40. The summed E-state index contributed by atoms with van der Waals surface area (Å²) in [6, 6.07) is 0. The summed E-state index contributed by atoms with van der Waals surface area (Å²) in [5, 5.41) is 7.75. The number of carbonyl (C=O) groups is 1. The lowest BCUT2D eigenvalue weighted by Gasteiger charge is -1.85. The molecular weight excluding hydrogens is 108 g/mol. The lowest BCUT2D eigenvalue weighted by molar-refractivity contribution is -0.232. The molecule has 3 nitrogen and oxygen atoms in total. The summed E-state index contributed by atoms with van der Waals surface area (Å²) < 4.78 is 0. The van der Waals surface area contributed by atoms with E-state index in [2.05, 4.69) is 4.89 Å². The number of carbonyl (C=O) groups excluding carboxylic acids is 1. The normalized spacial score (nSPS) is 11.5. The van der Waals surface area contributed by atoms with E-state index in [4.69, 9.17) is 5.26 Å². The third-order valence-corrected chi connectivity index (χ3v) is 0.666. The third-order valence-electron chi connectivity index (χ3n) is 0.666. The average molecular weight is 116 g/mol. The summed E-state index contributed by atoms with van der Waals surface area (Å²) in [5.41, 5.74) is 0.555. The van der Waals surface area contributed by atoms with E-state index in [9.17, 15) is 4.79 Å². The second-order valence-electron chi connectivity index (χ2n) is 1.36. The summed E-state index contributed by atoms with van der Waals surface area (Å²) in [7, 11) is 0. The summed E-state index contributed by atoms with van der Waals surface area (Å²) in [6.45, 7) is 1.70. The van der Waals surface area contributed by atoms with Crippen LogP contribution in [0.15, 0.2) is 11.6 Å². The summed E-state index contributed by atoms with van der Waals surface area (Å²) in [6.07, 6.45) is 2.17. The number of hydrogen-bond donors (Lipinski definition) is 1. The molecule has 0 aromatic heterocycles. The van der Waals surface area contributed by atoms with E-state index in [0.717, 1.165) is 0 Å². The topological polar surface area (TPSA) is 46.5 Å². The van der Waals surface area contributed by atoms with Crippen LogP contribution in [0.2, 0.25) is 0 Å². The highest BCUT2D eigenvalue weighted by molar-refractivity contribution is 5.71. The van der Waals surface area contributed by atoms with E-state index >= 15 is 0 Å². The van der Waals surface area contributed by atoms with Crippen LogP contribution in [0.1, 0.15) is 6.92 Å². The standard InChI is InChI=1S/C5H8O3/c1-5(4-6)2-3-8-7/h2,4,7H,3H2,1H3/b5-2-. The van der Waals surface area contributed by atoms with Crippen molar-refractivity contribution in [1.82, 2.24) is 0 Å². The molecule has 0 aromatic rings. The highest BCUT2D eigenvalue weighted by atomic mass is 17.1. The first-order valence-electron chi connectivity index (χ1n) is 2.19. The molecule has 3 heteroatoms. The molecule has 0 aromatic carbocycles. The zero-order valence-corrected chi connectivity index (χ0v) is 4.63. The minimum absolute atomic E-state index is 0.0740. The summed E-state index contributed by atoms with van der Waals surface area (Å²) in [5.74, 6) is 0.